The summed E-state index contributed by atoms with van der Waals surface area (Å²) in [5.41, 5.74) is 12.0. The lowest BCUT2D eigenvalue weighted by atomic mass is 9.92. The Bertz CT molecular complexity index is 382. The fraction of sp³-hybridized carbons (Fsp3) is 0.200. The number of benzene rings is 1. The second-order valence-corrected chi connectivity index (χ2v) is 3.34. The summed E-state index contributed by atoms with van der Waals surface area (Å²) in [6.45, 7) is 0.451. The molecule has 1 unspecified atom stereocenters. The van der Waals surface area contributed by atoms with E-state index in [-0.39, 0.29) is 0 Å². The van der Waals surface area contributed by atoms with Gasteiger partial charge in [-0.3, -0.25) is 0 Å². The van der Waals surface area contributed by atoms with E-state index in [4.69, 9.17) is 11.5 Å². The van der Waals surface area contributed by atoms with Crippen molar-refractivity contribution in [2.75, 3.05) is 6.54 Å². The highest BCUT2D eigenvalue weighted by atomic mass is 15.1. The van der Waals surface area contributed by atoms with E-state index in [1.807, 2.05) is 30.3 Å². The van der Waals surface area contributed by atoms with Gasteiger partial charge in [0, 0.05) is 6.21 Å². The summed E-state index contributed by atoms with van der Waals surface area (Å²) in [6.07, 6.45) is 1.66. The lowest BCUT2D eigenvalue weighted by Gasteiger charge is -2.25. The third-order valence-corrected chi connectivity index (χ3v) is 2.24. The Labute approximate surface area is 82.4 Å². The molecule has 0 saturated heterocycles. The van der Waals surface area contributed by atoms with Crippen LogP contribution in [0.2, 0.25) is 0 Å². The molecule has 1 aliphatic rings. The van der Waals surface area contributed by atoms with Gasteiger partial charge in [-0.25, -0.2) is 9.98 Å². The minimum Gasteiger partial charge on any atom is -0.368 e. The number of nitrogens with two attached hydrogens (primary N) is 2. The van der Waals surface area contributed by atoms with Crippen LogP contribution in [0.4, 0.5) is 0 Å². The average molecular weight is 188 g/mol. The van der Waals surface area contributed by atoms with Gasteiger partial charge in [-0.2, -0.15) is 0 Å². The lowest BCUT2D eigenvalue weighted by molar-refractivity contribution is 0.622. The van der Waals surface area contributed by atoms with Crippen LogP contribution in [0.25, 0.3) is 0 Å². The average Bonchev–Trinajstić information content (AvgIpc) is 2.24. The molecule has 0 radical (unpaired) electrons. The van der Waals surface area contributed by atoms with E-state index in [9.17, 15) is 0 Å². The first kappa shape index (κ1) is 8.90. The van der Waals surface area contributed by atoms with Crippen LogP contribution in [-0.4, -0.2) is 18.7 Å². The van der Waals surface area contributed by atoms with Crippen LogP contribution in [0.1, 0.15) is 5.56 Å². The monoisotopic (exact) mass is 188 g/mol. The van der Waals surface area contributed by atoms with Gasteiger partial charge in [-0.05, 0) is 5.56 Å². The van der Waals surface area contributed by atoms with Crippen LogP contribution in [0.5, 0.6) is 0 Å². The van der Waals surface area contributed by atoms with Crippen LogP contribution >= 0.6 is 0 Å². The third-order valence-electron chi connectivity index (χ3n) is 2.24. The highest BCUT2D eigenvalue weighted by molar-refractivity contribution is 5.92. The summed E-state index contributed by atoms with van der Waals surface area (Å²) < 4.78 is 0. The molecule has 0 bridgehead atoms. The standard InChI is InChI=1S/C10H12N4/c11-9-13-6-10(12,7-14-9)8-4-2-1-3-5-8/h1-6H,7,12H2,(H2,11,14). The molecule has 0 aromatic heterocycles. The first-order valence-corrected chi connectivity index (χ1v) is 4.40. The predicted molar refractivity (Wildman–Crippen MR) is 57.3 cm³/mol. The normalized spacial score (nSPS) is 25.9. The first-order chi connectivity index (χ1) is 6.71. The molecule has 1 aliphatic heterocycles. The molecule has 1 aromatic carbocycles. The molecule has 1 heterocycles. The molecular weight excluding hydrogens is 176 g/mol. The van der Waals surface area contributed by atoms with Crippen LogP contribution in [0.3, 0.4) is 0 Å². The van der Waals surface area contributed by atoms with Crippen molar-refractivity contribution in [3.8, 4) is 0 Å². The summed E-state index contributed by atoms with van der Waals surface area (Å²) >= 11 is 0. The zero-order chi connectivity index (χ0) is 10.0. The van der Waals surface area contributed by atoms with Gasteiger partial charge in [0.2, 0.25) is 5.96 Å². The number of hydrogen-bond donors (Lipinski definition) is 2. The SMILES string of the molecule is NC1=NCC(N)(c2ccccc2)C=N1. The van der Waals surface area contributed by atoms with E-state index >= 15 is 0 Å². The van der Waals surface area contributed by atoms with Gasteiger partial charge in [0.25, 0.3) is 0 Å². The molecule has 72 valence electrons. The number of hydrogen-bond acceptors (Lipinski definition) is 4. The molecular formula is C10H12N4. The Balaban J connectivity index is 2.32. The van der Waals surface area contributed by atoms with Gasteiger partial charge in [-0.1, -0.05) is 30.3 Å². The maximum absolute atomic E-state index is 6.13. The van der Waals surface area contributed by atoms with Crippen molar-refractivity contribution in [3.05, 3.63) is 35.9 Å². The van der Waals surface area contributed by atoms with Gasteiger partial charge in [0.1, 0.15) is 0 Å². The number of aliphatic imine (C=N–C) groups is 2. The maximum Gasteiger partial charge on any atom is 0.215 e. The largest absolute Gasteiger partial charge is 0.368 e. The van der Waals surface area contributed by atoms with Crippen molar-refractivity contribution in [2.45, 2.75) is 5.54 Å². The van der Waals surface area contributed by atoms with Crippen molar-refractivity contribution in [2.24, 2.45) is 21.5 Å². The molecule has 14 heavy (non-hydrogen) atoms. The molecule has 4 nitrogen and oxygen atoms in total. The van der Waals surface area contributed by atoms with Crippen molar-refractivity contribution in [3.63, 3.8) is 0 Å². The van der Waals surface area contributed by atoms with E-state index in [1.54, 1.807) is 6.21 Å². The zero-order valence-electron chi connectivity index (χ0n) is 7.72. The zero-order valence-corrected chi connectivity index (χ0v) is 7.72. The van der Waals surface area contributed by atoms with Gasteiger partial charge in [0.05, 0.1) is 12.1 Å². The van der Waals surface area contributed by atoms with E-state index in [2.05, 4.69) is 9.98 Å². The van der Waals surface area contributed by atoms with E-state index in [1.165, 1.54) is 0 Å². The molecule has 0 fully saturated rings. The highest BCUT2D eigenvalue weighted by Crippen LogP contribution is 2.18. The van der Waals surface area contributed by atoms with Crippen molar-refractivity contribution >= 4 is 12.2 Å². The summed E-state index contributed by atoms with van der Waals surface area (Å²) in [6, 6.07) is 9.76. The minimum absolute atomic E-state index is 0.294. The summed E-state index contributed by atoms with van der Waals surface area (Å²) in [4.78, 5) is 7.97. The smallest absolute Gasteiger partial charge is 0.215 e. The molecule has 1 atom stereocenters. The van der Waals surface area contributed by atoms with Gasteiger partial charge in [-0.15, -0.1) is 0 Å². The van der Waals surface area contributed by atoms with Crippen LogP contribution < -0.4 is 11.5 Å². The van der Waals surface area contributed by atoms with E-state index in [0.29, 0.717) is 12.5 Å². The summed E-state index contributed by atoms with van der Waals surface area (Å²) in [5.74, 6) is 0.294. The highest BCUT2D eigenvalue weighted by Gasteiger charge is 2.26. The summed E-state index contributed by atoms with van der Waals surface area (Å²) in [7, 11) is 0. The lowest BCUT2D eigenvalue weighted by Crippen LogP contribution is -2.44. The third kappa shape index (κ3) is 1.52. The second kappa shape index (κ2) is 3.23. The molecule has 1 aromatic rings. The molecule has 4 N–H and O–H groups in total. The fourth-order valence-corrected chi connectivity index (χ4v) is 1.39. The van der Waals surface area contributed by atoms with Crippen molar-refractivity contribution in [1.29, 1.82) is 0 Å². The number of guanidine groups is 1. The Kier molecular flexibility index (Phi) is 2.05. The first-order valence-electron chi connectivity index (χ1n) is 4.40. The molecule has 2 rings (SSSR count). The van der Waals surface area contributed by atoms with E-state index in [0.717, 1.165) is 5.56 Å². The predicted octanol–water partition coefficient (Wildman–Crippen LogP) is 0.240. The number of nitrogens with zero attached hydrogens (tertiary/aromatic N) is 2. The van der Waals surface area contributed by atoms with Gasteiger partial charge >= 0.3 is 0 Å². The fourth-order valence-electron chi connectivity index (χ4n) is 1.39. The van der Waals surface area contributed by atoms with E-state index < -0.39 is 5.54 Å². The van der Waals surface area contributed by atoms with Crippen LogP contribution in [0.15, 0.2) is 40.3 Å². The Morgan fingerprint density at radius 3 is 2.50 bits per heavy atom. The van der Waals surface area contributed by atoms with Crippen LogP contribution in [0, 0.1) is 0 Å². The van der Waals surface area contributed by atoms with Gasteiger partial charge < -0.3 is 11.5 Å². The quantitative estimate of drug-likeness (QED) is 0.662. The van der Waals surface area contributed by atoms with Gasteiger partial charge in [0.15, 0.2) is 0 Å². The molecule has 0 aliphatic carbocycles. The second-order valence-electron chi connectivity index (χ2n) is 3.34. The Hall–Kier alpha value is -1.68. The molecule has 0 saturated carbocycles. The number of rotatable bonds is 1. The van der Waals surface area contributed by atoms with Crippen molar-refractivity contribution in [1.82, 2.24) is 0 Å². The Morgan fingerprint density at radius 2 is 1.93 bits per heavy atom. The topological polar surface area (TPSA) is 76.8 Å². The molecule has 0 amide bonds. The molecule has 0 spiro atoms. The minimum atomic E-state index is -0.607. The van der Waals surface area contributed by atoms with Crippen molar-refractivity contribution < 1.29 is 0 Å². The maximum atomic E-state index is 6.13. The molecule has 4 heteroatoms. The Morgan fingerprint density at radius 1 is 1.21 bits per heavy atom. The summed E-state index contributed by atoms with van der Waals surface area (Å²) in [5, 5.41) is 0. The van der Waals surface area contributed by atoms with Crippen LogP contribution in [-0.2, 0) is 5.54 Å².